The number of esters is 1. The van der Waals surface area contributed by atoms with Gasteiger partial charge in [0.15, 0.2) is 5.66 Å². The molecule has 0 bridgehead atoms. The Balaban J connectivity index is 3.97. The summed E-state index contributed by atoms with van der Waals surface area (Å²) in [5.74, 6) is 4.31. The minimum atomic E-state index is -1.28. The summed E-state index contributed by atoms with van der Waals surface area (Å²) in [6, 6.07) is 0. The lowest BCUT2D eigenvalue weighted by molar-refractivity contribution is -0.147. The Bertz CT molecular complexity index is 112. The van der Waals surface area contributed by atoms with E-state index in [1.165, 1.54) is 14.0 Å². The van der Waals surface area contributed by atoms with E-state index in [9.17, 15) is 4.79 Å². The summed E-state index contributed by atoms with van der Waals surface area (Å²) in [6.45, 7) is 1.42. The third-order valence-electron chi connectivity index (χ3n) is 0.909. The number of nitrogens with two attached hydrogens (primary N) is 2. The normalized spacial score (nSPS) is 16.4. The van der Waals surface area contributed by atoms with Gasteiger partial charge in [0.2, 0.25) is 0 Å². The summed E-state index contributed by atoms with van der Waals surface area (Å²) in [6.07, 6.45) is 0. The fourth-order valence-electron chi connectivity index (χ4n) is 0.271. The summed E-state index contributed by atoms with van der Waals surface area (Å²) in [5.41, 5.74) is 6.07. The highest BCUT2D eigenvalue weighted by Gasteiger charge is 2.26. The quantitative estimate of drug-likeness (QED) is 0.181. The van der Waals surface area contributed by atoms with E-state index in [2.05, 4.69) is 10.2 Å². The van der Waals surface area contributed by atoms with Crippen LogP contribution in [-0.2, 0) is 9.53 Å². The Morgan fingerprint density at radius 3 is 2.33 bits per heavy atom. The van der Waals surface area contributed by atoms with Crippen LogP contribution in [-0.4, -0.2) is 18.7 Å². The second-order valence-electron chi connectivity index (χ2n) is 1.84. The van der Waals surface area contributed by atoms with Crippen LogP contribution in [0.2, 0.25) is 0 Å². The molecule has 5 nitrogen and oxygen atoms in total. The molecule has 9 heavy (non-hydrogen) atoms. The topological polar surface area (TPSA) is 90.4 Å². The molecule has 5 heteroatoms. The van der Waals surface area contributed by atoms with E-state index >= 15 is 0 Å². The number of hydrazine groups is 1. The third kappa shape index (κ3) is 1.96. The highest BCUT2D eigenvalue weighted by atomic mass is 16.5. The number of rotatable bonds is 2. The molecule has 0 aliphatic rings. The van der Waals surface area contributed by atoms with Gasteiger partial charge in [-0.25, -0.2) is 10.2 Å². The van der Waals surface area contributed by atoms with Gasteiger partial charge < -0.3 is 10.5 Å². The number of ether oxygens (including phenoxy) is 1. The van der Waals surface area contributed by atoms with Gasteiger partial charge >= 0.3 is 5.97 Å². The van der Waals surface area contributed by atoms with Crippen LogP contribution in [0.3, 0.4) is 0 Å². The summed E-state index contributed by atoms with van der Waals surface area (Å²) in [4.78, 5) is 10.6. The lowest BCUT2D eigenvalue weighted by Gasteiger charge is -2.19. The van der Waals surface area contributed by atoms with E-state index in [-0.39, 0.29) is 0 Å². The molecule has 0 heterocycles. The minimum Gasteiger partial charge on any atom is -0.467 e. The highest BCUT2D eigenvalue weighted by molar-refractivity contribution is 5.79. The maximum Gasteiger partial charge on any atom is 0.341 e. The minimum absolute atomic E-state index is 0.593. The fourth-order valence-corrected chi connectivity index (χ4v) is 0.271. The second kappa shape index (κ2) is 2.77. The van der Waals surface area contributed by atoms with Crippen molar-refractivity contribution in [3.05, 3.63) is 0 Å². The van der Waals surface area contributed by atoms with Gasteiger partial charge in [-0.15, -0.1) is 0 Å². The Hall–Kier alpha value is -0.650. The average Bonchev–Trinajstić information content (AvgIpc) is 1.86. The van der Waals surface area contributed by atoms with E-state index in [0.29, 0.717) is 0 Å². The van der Waals surface area contributed by atoms with Gasteiger partial charge in [0.1, 0.15) is 0 Å². The van der Waals surface area contributed by atoms with Crippen molar-refractivity contribution in [1.29, 1.82) is 0 Å². The summed E-state index contributed by atoms with van der Waals surface area (Å²) in [5, 5.41) is 0. The number of nitrogens with one attached hydrogen (secondary N) is 1. The molecule has 0 aromatic rings. The molecule has 0 amide bonds. The number of carbonyl (C=O) groups is 1. The first-order chi connectivity index (χ1) is 4.04. The van der Waals surface area contributed by atoms with Gasteiger partial charge in [-0.05, 0) is 6.92 Å². The molecule has 1 atom stereocenters. The lowest BCUT2D eigenvalue weighted by Crippen LogP contribution is -2.60. The monoisotopic (exact) mass is 133 g/mol. The third-order valence-corrected chi connectivity index (χ3v) is 0.909. The Kier molecular flexibility index (Phi) is 2.57. The maximum absolute atomic E-state index is 10.6. The molecule has 0 aromatic heterocycles. The van der Waals surface area contributed by atoms with Gasteiger partial charge in [-0.2, -0.15) is 0 Å². The van der Waals surface area contributed by atoms with Crippen molar-refractivity contribution in [1.82, 2.24) is 5.43 Å². The van der Waals surface area contributed by atoms with Crippen LogP contribution in [0.4, 0.5) is 0 Å². The molecular formula is C4H11N3O2. The van der Waals surface area contributed by atoms with Crippen LogP contribution in [0.5, 0.6) is 0 Å². The molecule has 0 aromatic carbocycles. The highest BCUT2D eigenvalue weighted by Crippen LogP contribution is 1.92. The number of methoxy groups -OCH3 is 1. The van der Waals surface area contributed by atoms with Crippen molar-refractivity contribution in [3.8, 4) is 0 Å². The van der Waals surface area contributed by atoms with Crippen LogP contribution in [0.25, 0.3) is 0 Å². The molecule has 5 N–H and O–H groups in total. The summed E-state index contributed by atoms with van der Waals surface area (Å²) in [7, 11) is 1.24. The van der Waals surface area contributed by atoms with Crippen LogP contribution in [0.15, 0.2) is 0 Å². The van der Waals surface area contributed by atoms with E-state index in [4.69, 9.17) is 11.6 Å². The molecule has 0 fully saturated rings. The van der Waals surface area contributed by atoms with Crippen LogP contribution >= 0.6 is 0 Å². The molecule has 0 spiro atoms. The SMILES string of the molecule is COC(=O)C(C)(N)NN. The fraction of sp³-hybridized carbons (Fsp3) is 0.750. The molecule has 1 unspecified atom stereocenters. The van der Waals surface area contributed by atoms with Crippen LogP contribution in [0.1, 0.15) is 6.92 Å². The van der Waals surface area contributed by atoms with Crippen molar-refractivity contribution in [3.63, 3.8) is 0 Å². The Morgan fingerprint density at radius 2 is 2.22 bits per heavy atom. The van der Waals surface area contributed by atoms with Crippen LogP contribution in [0, 0.1) is 0 Å². The molecule has 0 radical (unpaired) electrons. The van der Waals surface area contributed by atoms with E-state index in [0.717, 1.165) is 0 Å². The Morgan fingerprint density at radius 1 is 1.78 bits per heavy atom. The average molecular weight is 133 g/mol. The molecule has 0 aliphatic heterocycles. The molecule has 0 rings (SSSR count). The number of carbonyl (C=O) groups excluding carboxylic acids is 1. The van der Waals surface area contributed by atoms with Crippen molar-refractivity contribution in [2.24, 2.45) is 11.6 Å². The van der Waals surface area contributed by atoms with Crippen molar-refractivity contribution in [2.45, 2.75) is 12.6 Å². The first-order valence-electron chi connectivity index (χ1n) is 2.39. The van der Waals surface area contributed by atoms with E-state index in [1.807, 2.05) is 0 Å². The first-order valence-corrected chi connectivity index (χ1v) is 2.39. The van der Waals surface area contributed by atoms with Crippen molar-refractivity contribution in [2.75, 3.05) is 7.11 Å². The van der Waals surface area contributed by atoms with Gasteiger partial charge in [0, 0.05) is 0 Å². The standard InChI is InChI=1S/C4H11N3O2/c1-4(5,7-6)3(8)9-2/h7H,5-6H2,1-2H3. The zero-order chi connectivity index (χ0) is 7.49. The molecule has 0 saturated carbocycles. The smallest absolute Gasteiger partial charge is 0.341 e. The largest absolute Gasteiger partial charge is 0.467 e. The van der Waals surface area contributed by atoms with Gasteiger partial charge in [-0.3, -0.25) is 5.84 Å². The van der Waals surface area contributed by atoms with Crippen LogP contribution < -0.4 is 17.0 Å². The predicted octanol–water partition coefficient (Wildman–Crippen LogP) is -1.70. The molecule has 0 saturated heterocycles. The lowest BCUT2D eigenvalue weighted by atomic mass is 10.2. The van der Waals surface area contributed by atoms with Gasteiger partial charge in [0.05, 0.1) is 7.11 Å². The summed E-state index contributed by atoms with van der Waals surface area (Å²) >= 11 is 0. The molecular weight excluding hydrogens is 122 g/mol. The zero-order valence-electron chi connectivity index (χ0n) is 5.47. The summed E-state index contributed by atoms with van der Waals surface area (Å²) < 4.78 is 4.30. The molecule has 54 valence electrons. The Labute approximate surface area is 53.3 Å². The second-order valence-corrected chi connectivity index (χ2v) is 1.84. The molecule has 0 aliphatic carbocycles. The van der Waals surface area contributed by atoms with E-state index < -0.39 is 11.6 Å². The van der Waals surface area contributed by atoms with Gasteiger partial charge in [0.25, 0.3) is 0 Å². The first kappa shape index (κ1) is 8.35. The number of hydrogen-bond acceptors (Lipinski definition) is 5. The maximum atomic E-state index is 10.6. The van der Waals surface area contributed by atoms with E-state index in [1.54, 1.807) is 0 Å². The number of hydrogen-bond donors (Lipinski definition) is 3. The zero-order valence-corrected chi connectivity index (χ0v) is 5.47. The predicted molar refractivity (Wildman–Crippen MR) is 31.9 cm³/mol. The van der Waals surface area contributed by atoms with Gasteiger partial charge in [-0.1, -0.05) is 0 Å². The van der Waals surface area contributed by atoms with Crippen molar-refractivity contribution >= 4 is 5.97 Å². The van der Waals surface area contributed by atoms with Crippen molar-refractivity contribution < 1.29 is 9.53 Å².